The van der Waals surface area contributed by atoms with E-state index in [9.17, 15) is 9.59 Å². The number of rotatable bonds is 3. The molecule has 1 aliphatic rings. The summed E-state index contributed by atoms with van der Waals surface area (Å²) in [6, 6.07) is 3.40. The van der Waals surface area contributed by atoms with Crippen LogP contribution < -0.4 is 0 Å². The minimum atomic E-state index is -0.577. The van der Waals surface area contributed by atoms with E-state index >= 15 is 0 Å². The highest BCUT2D eigenvalue weighted by atomic mass is 35.5. The van der Waals surface area contributed by atoms with Crippen LogP contribution in [0.3, 0.4) is 0 Å². The summed E-state index contributed by atoms with van der Waals surface area (Å²) in [5.74, 6) is 0.0161. The molecule has 0 bridgehead atoms. The van der Waals surface area contributed by atoms with Crippen LogP contribution >= 0.6 is 22.9 Å². The number of carbonyl (C=O) groups excluding carboxylic acids is 2. The lowest BCUT2D eigenvalue weighted by Gasteiger charge is -2.35. The number of halogens is 1. The molecular formula is C20H25ClN2O3S. The average Bonchev–Trinajstić information content (AvgIpc) is 2.94. The van der Waals surface area contributed by atoms with Crippen molar-refractivity contribution in [1.82, 2.24) is 9.88 Å². The molecule has 0 N–H and O–H groups in total. The number of ether oxygens (including phenoxy) is 1. The van der Waals surface area contributed by atoms with Crippen molar-refractivity contribution in [2.45, 2.75) is 65.0 Å². The third-order valence-corrected chi connectivity index (χ3v) is 5.97. The number of aryl methyl sites for hydroxylation is 1. The zero-order valence-corrected chi connectivity index (χ0v) is 17.7. The lowest BCUT2D eigenvalue weighted by Crippen LogP contribution is -2.50. The Kier molecular flexibility index (Phi) is 5.77. The SMILES string of the molecule is Cc1cc2sc(CC(=O)[C@@H]3CCCCN3C(=O)OC(C)(C)C)nc2cc1Cl. The van der Waals surface area contributed by atoms with E-state index in [-0.39, 0.29) is 12.2 Å². The van der Waals surface area contributed by atoms with E-state index < -0.39 is 17.7 Å². The van der Waals surface area contributed by atoms with E-state index in [2.05, 4.69) is 4.98 Å². The summed E-state index contributed by atoms with van der Waals surface area (Å²) in [5, 5.41) is 1.43. The summed E-state index contributed by atoms with van der Waals surface area (Å²) in [6.45, 7) is 8.01. The van der Waals surface area contributed by atoms with Gasteiger partial charge in [0.25, 0.3) is 0 Å². The van der Waals surface area contributed by atoms with Crippen LogP contribution in [0.4, 0.5) is 4.79 Å². The molecule has 1 atom stereocenters. The molecule has 5 nitrogen and oxygen atoms in total. The van der Waals surface area contributed by atoms with Gasteiger partial charge >= 0.3 is 6.09 Å². The van der Waals surface area contributed by atoms with Gasteiger partial charge in [-0.2, -0.15) is 0 Å². The van der Waals surface area contributed by atoms with Crippen molar-refractivity contribution in [2.75, 3.05) is 6.54 Å². The van der Waals surface area contributed by atoms with E-state index in [1.807, 2.05) is 39.8 Å². The largest absolute Gasteiger partial charge is 0.444 e. The lowest BCUT2D eigenvalue weighted by atomic mass is 9.97. The van der Waals surface area contributed by atoms with Gasteiger partial charge in [-0.05, 0) is 64.7 Å². The second kappa shape index (κ2) is 7.76. The molecule has 1 saturated heterocycles. The van der Waals surface area contributed by atoms with Crippen LogP contribution in [0.25, 0.3) is 10.2 Å². The highest BCUT2D eigenvalue weighted by Gasteiger charge is 2.34. The smallest absolute Gasteiger partial charge is 0.410 e. The second-order valence-corrected chi connectivity index (χ2v) is 9.53. The maximum Gasteiger partial charge on any atom is 0.410 e. The molecule has 0 radical (unpaired) electrons. The number of benzene rings is 1. The third-order valence-electron chi connectivity index (χ3n) is 4.54. The summed E-state index contributed by atoms with van der Waals surface area (Å²) < 4.78 is 6.51. The molecule has 146 valence electrons. The molecule has 1 fully saturated rings. The van der Waals surface area contributed by atoms with Crippen molar-refractivity contribution < 1.29 is 14.3 Å². The third kappa shape index (κ3) is 4.79. The predicted molar refractivity (Wildman–Crippen MR) is 109 cm³/mol. The number of hydrogen-bond donors (Lipinski definition) is 0. The molecule has 27 heavy (non-hydrogen) atoms. The number of fused-ring (bicyclic) bond motifs is 1. The topological polar surface area (TPSA) is 59.5 Å². The van der Waals surface area contributed by atoms with Crippen molar-refractivity contribution in [3.05, 3.63) is 27.7 Å². The van der Waals surface area contributed by atoms with Gasteiger partial charge in [-0.15, -0.1) is 11.3 Å². The van der Waals surface area contributed by atoms with Gasteiger partial charge in [0.2, 0.25) is 0 Å². The zero-order valence-electron chi connectivity index (χ0n) is 16.2. The van der Waals surface area contributed by atoms with Crippen LogP contribution in [-0.2, 0) is 16.0 Å². The van der Waals surface area contributed by atoms with Crippen LogP contribution in [0.15, 0.2) is 12.1 Å². The van der Waals surface area contributed by atoms with Crippen molar-refractivity contribution in [2.24, 2.45) is 0 Å². The van der Waals surface area contributed by atoms with Gasteiger partial charge in [0.05, 0.1) is 22.7 Å². The van der Waals surface area contributed by atoms with Gasteiger partial charge in [-0.25, -0.2) is 9.78 Å². The molecule has 0 spiro atoms. The molecule has 2 aromatic rings. The standard InChI is InChI=1S/C20H25ClN2O3S/c1-12-9-17-14(10-13(12)21)22-18(27-17)11-16(24)15-7-5-6-8-23(15)19(25)26-20(2,3)4/h9-10,15H,5-8,11H2,1-4H3/t15-/m0/s1. The summed E-state index contributed by atoms with van der Waals surface area (Å²) >= 11 is 7.68. The normalized spacial score (nSPS) is 18.0. The maximum atomic E-state index is 12.9. The molecular weight excluding hydrogens is 384 g/mol. The fourth-order valence-corrected chi connectivity index (χ4v) is 4.46. The van der Waals surface area contributed by atoms with E-state index in [4.69, 9.17) is 16.3 Å². The monoisotopic (exact) mass is 408 g/mol. The lowest BCUT2D eigenvalue weighted by molar-refractivity contribution is -0.124. The first-order chi connectivity index (χ1) is 12.6. The Labute approximate surface area is 168 Å². The van der Waals surface area contributed by atoms with Crippen LogP contribution in [0.1, 0.15) is 50.6 Å². The number of hydrogen-bond acceptors (Lipinski definition) is 5. The number of aromatic nitrogens is 1. The van der Waals surface area contributed by atoms with E-state index in [1.165, 1.54) is 11.3 Å². The molecule has 3 rings (SSSR count). The number of ketones is 1. The molecule has 0 unspecified atom stereocenters. The second-order valence-electron chi connectivity index (χ2n) is 8.01. The van der Waals surface area contributed by atoms with Crippen LogP contribution in [0, 0.1) is 6.92 Å². The highest BCUT2D eigenvalue weighted by molar-refractivity contribution is 7.18. The van der Waals surface area contributed by atoms with Crippen LogP contribution in [0.5, 0.6) is 0 Å². The summed E-state index contributed by atoms with van der Waals surface area (Å²) in [4.78, 5) is 31.6. The molecule has 7 heteroatoms. The quantitative estimate of drug-likeness (QED) is 0.703. The molecule has 0 saturated carbocycles. The Bertz CT molecular complexity index is 833. The number of thiazole rings is 1. The number of nitrogens with zero attached hydrogens (tertiary/aromatic N) is 2. The predicted octanol–water partition coefficient (Wildman–Crippen LogP) is 5.16. The number of likely N-dealkylation sites (tertiary alicyclic amines) is 1. The number of piperidine rings is 1. The molecule has 1 aliphatic heterocycles. The number of carbonyl (C=O) groups is 2. The Hall–Kier alpha value is -1.66. The average molecular weight is 409 g/mol. The van der Waals surface area contributed by atoms with Crippen LogP contribution in [0.2, 0.25) is 5.02 Å². The Morgan fingerprint density at radius 1 is 1.33 bits per heavy atom. The van der Waals surface area contributed by atoms with Gasteiger partial charge in [-0.3, -0.25) is 9.69 Å². The summed E-state index contributed by atoms with van der Waals surface area (Å²) in [7, 11) is 0. The first-order valence-electron chi connectivity index (χ1n) is 9.22. The summed E-state index contributed by atoms with van der Waals surface area (Å²) in [6.07, 6.45) is 2.31. The van der Waals surface area contributed by atoms with E-state index in [0.717, 1.165) is 33.6 Å². The van der Waals surface area contributed by atoms with Gasteiger partial charge in [0, 0.05) is 11.6 Å². The fraction of sp³-hybridized carbons (Fsp3) is 0.550. The Morgan fingerprint density at radius 2 is 2.07 bits per heavy atom. The fourth-order valence-electron chi connectivity index (χ4n) is 3.25. The highest BCUT2D eigenvalue weighted by Crippen LogP contribution is 2.29. The van der Waals surface area contributed by atoms with Gasteiger partial charge in [0.1, 0.15) is 10.6 Å². The Balaban J connectivity index is 1.76. The molecule has 1 amide bonds. The van der Waals surface area contributed by atoms with Gasteiger partial charge in [-0.1, -0.05) is 11.6 Å². The van der Waals surface area contributed by atoms with E-state index in [1.54, 1.807) is 4.90 Å². The van der Waals surface area contributed by atoms with E-state index in [0.29, 0.717) is 18.0 Å². The first-order valence-corrected chi connectivity index (χ1v) is 10.4. The van der Waals surface area contributed by atoms with Crippen molar-refractivity contribution >= 4 is 45.0 Å². The molecule has 0 aliphatic carbocycles. The van der Waals surface area contributed by atoms with Crippen molar-refractivity contribution in [3.8, 4) is 0 Å². The number of Topliss-reactive ketones (excluding diaryl/α,β-unsaturated/α-hetero) is 1. The molecule has 1 aromatic heterocycles. The minimum absolute atomic E-state index is 0.0161. The first kappa shape index (κ1) is 20.1. The molecule has 2 heterocycles. The van der Waals surface area contributed by atoms with Crippen molar-refractivity contribution in [1.29, 1.82) is 0 Å². The maximum absolute atomic E-state index is 12.9. The van der Waals surface area contributed by atoms with Crippen molar-refractivity contribution in [3.63, 3.8) is 0 Å². The molecule has 1 aromatic carbocycles. The van der Waals surface area contributed by atoms with Gasteiger partial charge in [0.15, 0.2) is 5.78 Å². The zero-order chi connectivity index (χ0) is 19.8. The summed E-state index contributed by atoms with van der Waals surface area (Å²) in [5.41, 5.74) is 1.23. The van der Waals surface area contributed by atoms with Crippen LogP contribution in [-0.4, -0.2) is 39.9 Å². The van der Waals surface area contributed by atoms with Gasteiger partial charge < -0.3 is 4.74 Å². The minimum Gasteiger partial charge on any atom is -0.444 e. The number of amides is 1. The Morgan fingerprint density at radius 3 is 2.78 bits per heavy atom.